The molecule has 0 atom stereocenters. The van der Waals surface area contributed by atoms with E-state index in [1.54, 1.807) is 11.0 Å². The second-order valence-electron chi connectivity index (χ2n) is 2.82. The van der Waals surface area contributed by atoms with E-state index in [0.29, 0.717) is 19.0 Å². The van der Waals surface area contributed by atoms with Gasteiger partial charge in [-0.3, -0.25) is 14.9 Å². The monoisotopic (exact) mass is 180 g/mol. The summed E-state index contributed by atoms with van der Waals surface area (Å²) in [4.78, 5) is 27.3. The topological polar surface area (TPSA) is 87.8 Å². The second-order valence-corrected chi connectivity index (χ2v) is 2.82. The number of amides is 2. The van der Waals surface area contributed by atoms with E-state index < -0.39 is 5.91 Å². The highest BCUT2D eigenvalue weighted by molar-refractivity contribution is 6.07. The zero-order valence-corrected chi connectivity index (χ0v) is 6.78. The van der Waals surface area contributed by atoms with Crippen molar-refractivity contribution in [3.8, 4) is 0 Å². The normalized spacial score (nSPS) is 20.3. The van der Waals surface area contributed by atoms with Crippen molar-refractivity contribution in [1.29, 1.82) is 0 Å². The predicted octanol–water partition coefficient (Wildman–Crippen LogP) is -1.84. The van der Waals surface area contributed by atoms with Gasteiger partial charge in [0.2, 0.25) is 11.9 Å². The molecule has 0 spiro atoms. The van der Waals surface area contributed by atoms with Crippen LogP contribution in [0.2, 0.25) is 0 Å². The van der Waals surface area contributed by atoms with Crippen LogP contribution >= 0.6 is 0 Å². The minimum atomic E-state index is -0.576. The Balaban J connectivity index is 2.25. The molecule has 13 heavy (non-hydrogen) atoms. The van der Waals surface area contributed by atoms with Crippen LogP contribution in [0, 0.1) is 0 Å². The van der Waals surface area contributed by atoms with Gasteiger partial charge in [-0.25, -0.2) is 4.99 Å². The number of fused-ring (bicyclic) bond motifs is 1. The summed E-state index contributed by atoms with van der Waals surface area (Å²) < 4.78 is 0. The van der Waals surface area contributed by atoms with Crippen molar-refractivity contribution in [2.24, 2.45) is 10.7 Å². The maximum Gasteiger partial charge on any atom is 0.267 e. The lowest BCUT2D eigenvalue weighted by Gasteiger charge is -2.18. The molecule has 0 aromatic heterocycles. The first kappa shape index (κ1) is 7.78. The highest BCUT2D eigenvalue weighted by Crippen LogP contribution is 2.09. The number of nitrogens with one attached hydrogen (secondary N) is 1. The Kier molecular flexibility index (Phi) is 1.54. The average Bonchev–Trinajstić information content (AvgIpc) is 2.42. The number of hydrogen-bond donors (Lipinski definition) is 2. The Bertz CT molecular complexity index is 344. The third-order valence-corrected chi connectivity index (χ3v) is 1.87. The van der Waals surface area contributed by atoms with E-state index in [9.17, 15) is 9.59 Å². The Hall–Kier alpha value is -1.85. The van der Waals surface area contributed by atoms with E-state index in [1.807, 2.05) is 0 Å². The molecule has 3 N–H and O–H groups in total. The number of guanidine groups is 1. The molecule has 0 aliphatic carbocycles. The number of aliphatic imine (C=N–C) groups is 1. The summed E-state index contributed by atoms with van der Waals surface area (Å²) >= 11 is 0. The van der Waals surface area contributed by atoms with Crippen molar-refractivity contribution >= 4 is 17.8 Å². The zero-order valence-electron chi connectivity index (χ0n) is 6.78. The van der Waals surface area contributed by atoms with Crippen LogP contribution in [-0.4, -0.2) is 35.8 Å². The number of nitrogens with two attached hydrogens (primary N) is 1. The summed E-state index contributed by atoms with van der Waals surface area (Å²) in [6.45, 7) is 0.789. The van der Waals surface area contributed by atoms with Gasteiger partial charge in [0.15, 0.2) is 0 Å². The lowest BCUT2D eigenvalue weighted by molar-refractivity contribution is -0.118. The molecule has 0 bridgehead atoms. The van der Waals surface area contributed by atoms with Crippen molar-refractivity contribution in [2.75, 3.05) is 13.1 Å². The summed E-state index contributed by atoms with van der Waals surface area (Å²) in [7, 11) is 0. The van der Waals surface area contributed by atoms with Crippen molar-refractivity contribution in [1.82, 2.24) is 10.2 Å². The minimum absolute atomic E-state index is 0.113. The molecule has 2 rings (SSSR count). The van der Waals surface area contributed by atoms with Crippen LogP contribution in [-0.2, 0) is 9.59 Å². The smallest absolute Gasteiger partial charge is 0.267 e. The van der Waals surface area contributed by atoms with Crippen molar-refractivity contribution < 1.29 is 9.59 Å². The largest absolute Gasteiger partial charge is 0.364 e. The standard InChI is InChI=1S/C7H8N4O2/c8-6(13)4-1-2-11-3-5(12)10-7(11)9-4/h1H,2-3H2,(H2,8,13)(H,9,10,12). The van der Waals surface area contributed by atoms with Gasteiger partial charge in [0.1, 0.15) is 12.2 Å². The van der Waals surface area contributed by atoms with E-state index >= 15 is 0 Å². The average molecular weight is 180 g/mol. The SMILES string of the molecule is NC(=O)C1=CCN2CC(=O)NC2=N1. The summed E-state index contributed by atoms with van der Waals surface area (Å²) in [6, 6.07) is 0. The molecule has 68 valence electrons. The van der Waals surface area contributed by atoms with Gasteiger partial charge in [-0.2, -0.15) is 0 Å². The Morgan fingerprint density at radius 2 is 2.46 bits per heavy atom. The van der Waals surface area contributed by atoms with Crippen LogP contribution in [0.3, 0.4) is 0 Å². The van der Waals surface area contributed by atoms with Crippen molar-refractivity contribution in [2.45, 2.75) is 0 Å². The predicted molar refractivity (Wildman–Crippen MR) is 44.4 cm³/mol. The molecular weight excluding hydrogens is 172 g/mol. The molecule has 0 aromatic carbocycles. The fraction of sp³-hybridized carbons (Fsp3) is 0.286. The Labute approximate surface area is 74.1 Å². The number of carbonyl (C=O) groups is 2. The van der Waals surface area contributed by atoms with Crippen molar-refractivity contribution in [3.05, 3.63) is 11.8 Å². The zero-order chi connectivity index (χ0) is 9.42. The van der Waals surface area contributed by atoms with E-state index in [0.717, 1.165) is 0 Å². The van der Waals surface area contributed by atoms with Gasteiger partial charge in [-0.05, 0) is 6.08 Å². The van der Waals surface area contributed by atoms with Crippen LogP contribution in [0.25, 0.3) is 0 Å². The first-order valence-electron chi connectivity index (χ1n) is 3.80. The van der Waals surface area contributed by atoms with E-state index in [2.05, 4.69) is 10.3 Å². The molecule has 0 unspecified atom stereocenters. The molecule has 0 aromatic rings. The quantitative estimate of drug-likeness (QED) is 0.497. The number of hydrogen-bond acceptors (Lipinski definition) is 4. The van der Waals surface area contributed by atoms with Gasteiger partial charge in [-0.1, -0.05) is 0 Å². The fourth-order valence-corrected chi connectivity index (χ4v) is 1.25. The van der Waals surface area contributed by atoms with E-state index in [1.165, 1.54) is 0 Å². The molecular formula is C7H8N4O2. The molecule has 1 saturated heterocycles. The van der Waals surface area contributed by atoms with E-state index in [4.69, 9.17) is 5.73 Å². The number of nitrogens with zero attached hydrogens (tertiary/aromatic N) is 2. The van der Waals surface area contributed by atoms with Gasteiger partial charge in [-0.15, -0.1) is 0 Å². The van der Waals surface area contributed by atoms with Crippen LogP contribution in [0.15, 0.2) is 16.8 Å². The summed E-state index contributed by atoms with van der Waals surface area (Å²) in [5, 5.41) is 2.53. The van der Waals surface area contributed by atoms with E-state index in [-0.39, 0.29) is 11.6 Å². The highest BCUT2D eigenvalue weighted by Gasteiger charge is 2.27. The van der Waals surface area contributed by atoms with Gasteiger partial charge < -0.3 is 10.6 Å². The minimum Gasteiger partial charge on any atom is -0.364 e. The third-order valence-electron chi connectivity index (χ3n) is 1.87. The molecule has 2 aliphatic rings. The number of primary amides is 1. The first-order valence-corrected chi connectivity index (χ1v) is 3.80. The lowest BCUT2D eigenvalue weighted by atomic mass is 10.3. The molecule has 2 heterocycles. The van der Waals surface area contributed by atoms with Gasteiger partial charge >= 0.3 is 0 Å². The number of rotatable bonds is 1. The number of carbonyl (C=O) groups excluding carboxylic acids is 2. The first-order chi connectivity index (χ1) is 6.16. The second kappa shape index (κ2) is 2.58. The molecule has 6 nitrogen and oxygen atoms in total. The van der Waals surface area contributed by atoms with Crippen LogP contribution in [0.4, 0.5) is 0 Å². The van der Waals surface area contributed by atoms with Crippen LogP contribution < -0.4 is 11.1 Å². The molecule has 6 heteroatoms. The van der Waals surface area contributed by atoms with Crippen LogP contribution in [0.5, 0.6) is 0 Å². The van der Waals surface area contributed by atoms with Gasteiger partial charge in [0, 0.05) is 6.54 Å². The van der Waals surface area contributed by atoms with Crippen LogP contribution in [0.1, 0.15) is 0 Å². The summed E-state index contributed by atoms with van der Waals surface area (Å²) in [5.41, 5.74) is 5.24. The maximum atomic E-state index is 10.9. The molecule has 2 amide bonds. The third kappa shape index (κ3) is 1.26. The summed E-state index contributed by atoms with van der Waals surface area (Å²) in [5.74, 6) is -0.271. The lowest BCUT2D eigenvalue weighted by Crippen LogP contribution is -2.34. The fourth-order valence-electron chi connectivity index (χ4n) is 1.25. The van der Waals surface area contributed by atoms with Crippen molar-refractivity contribution in [3.63, 3.8) is 0 Å². The molecule has 0 saturated carbocycles. The Morgan fingerprint density at radius 3 is 3.15 bits per heavy atom. The maximum absolute atomic E-state index is 10.9. The van der Waals surface area contributed by atoms with Gasteiger partial charge in [0.05, 0.1) is 0 Å². The molecule has 0 radical (unpaired) electrons. The van der Waals surface area contributed by atoms with Gasteiger partial charge in [0.25, 0.3) is 5.91 Å². The summed E-state index contributed by atoms with van der Waals surface area (Å²) in [6.07, 6.45) is 1.60. The Morgan fingerprint density at radius 1 is 1.69 bits per heavy atom. The molecule has 1 fully saturated rings. The molecule has 2 aliphatic heterocycles. The highest BCUT2D eigenvalue weighted by atomic mass is 16.2.